The molecule has 8 nitrogen and oxygen atoms in total. The number of hydrogen-bond donors (Lipinski definition) is 2. The lowest BCUT2D eigenvalue weighted by molar-refractivity contribution is -0.385. The fourth-order valence-electron chi connectivity index (χ4n) is 1.54. The summed E-state index contributed by atoms with van der Waals surface area (Å²) in [5.41, 5.74) is 3.91. The van der Waals surface area contributed by atoms with Gasteiger partial charge in [0, 0.05) is 6.54 Å². The summed E-state index contributed by atoms with van der Waals surface area (Å²) in [7, 11) is 0. The Morgan fingerprint density at radius 1 is 1.52 bits per heavy atom. The van der Waals surface area contributed by atoms with E-state index >= 15 is 0 Å². The molecule has 0 saturated carbocycles. The summed E-state index contributed by atoms with van der Waals surface area (Å²) < 4.78 is 37.2. The molecule has 0 unspecified atom stereocenters. The maximum Gasteiger partial charge on any atom is 0.406 e. The van der Waals surface area contributed by atoms with Gasteiger partial charge in [0.2, 0.25) is 0 Å². The smallest absolute Gasteiger partial charge is 0.395 e. The molecule has 21 heavy (non-hydrogen) atoms. The number of nitro groups is 1. The average Bonchev–Trinajstić information content (AvgIpc) is 2.35. The van der Waals surface area contributed by atoms with Crippen LogP contribution in [0.2, 0.25) is 0 Å². The van der Waals surface area contributed by atoms with E-state index in [2.05, 4.69) is 4.98 Å². The Balaban J connectivity index is 3.19. The second-order valence-corrected chi connectivity index (χ2v) is 3.95. The van der Waals surface area contributed by atoms with Crippen LogP contribution in [0.1, 0.15) is 10.4 Å². The van der Waals surface area contributed by atoms with Gasteiger partial charge in [-0.3, -0.25) is 14.9 Å². The molecule has 0 aliphatic heterocycles. The van der Waals surface area contributed by atoms with Gasteiger partial charge >= 0.3 is 6.18 Å². The molecule has 1 aromatic heterocycles. The number of rotatable bonds is 5. The van der Waals surface area contributed by atoms with Gasteiger partial charge in [-0.25, -0.2) is 4.98 Å². The summed E-state index contributed by atoms with van der Waals surface area (Å²) in [5, 5.41) is 19.5. The first-order valence-electron chi connectivity index (χ1n) is 5.52. The van der Waals surface area contributed by atoms with Crippen LogP contribution in [-0.4, -0.2) is 51.7 Å². The summed E-state index contributed by atoms with van der Waals surface area (Å²) in [6.07, 6.45) is -4.02. The molecule has 3 N–H and O–H groups in total. The third-order valence-corrected chi connectivity index (χ3v) is 2.36. The highest BCUT2D eigenvalue weighted by molar-refractivity contribution is 5.98. The molecule has 1 amide bonds. The number of aromatic nitrogens is 1. The number of halogens is 3. The number of carbonyl (C=O) groups excluding carboxylic acids is 1. The maximum atomic E-state index is 12.4. The number of hydrogen-bond acceptors (Lipinski definition) is 6. The van der Waals surface area contributed by atoms with Crippen molar-refractivity contribution in [3.63, 3.8) is 0 Å². The Morgan fingerprint density at radius 2 is 2.14 bits per heavy atom. The van der Waals surface area contributed by atoms with Crippen LogP contribution in [0, 0.1) is 10.1 Å². The van der Waals surface area contributed by atoms with E-state index in [9.17, 15) is 28.1 Å². The minimum atomic E-state index is -4.71. The van der Waals surface area contributed by atoms with Crippen molar-refractivity contribution < 1.29 is 28.0 Å². The Hall–Kier alpha value is -2.43. The number of alkyl halides is 3. The third kappa shape index (κ3) is 4.56. The highest BCUT2D eigenvalue weighted by atomic mass is 19.4. The van der Waals surface area contributed by atoms with Crippen molar-refractivity contribution in [2.24, 2.45) is 0 Å². The lowest BCUT2D eigenvalue weighted by Gasteiger charge is -2.23. The third-order valence-electron chi connectivity index (χ3n) is 2.36. The molecular weight excluding hydrogens is 297 g/mol. The lowest BCUT2D eigenvalue weighted by Crippen LogP contribution is -2.40. The molecule has 11 heteroatoms. The van der Waals surface area contributed by atoms with Gasteiger partial charge in [0.25, 0.3) is 11.6 Å². The number of amides is 1. The molecule has 0 aromatic carbocycles. The predicted octanol–water partition coefficient (Wildman–Crippen LogP) is 0.569. The van der Waals surface area contributed by atoms with Gasteiger partial charge < -0.3 is 15.7 Å². The summed E-state index contributed by atoms with van der Waals surface area (Å²) >= 11 is 0. The van der Waals surface area contributed by atoms with E-state index in [1.165, 1.54) is 0 Å². The Labute approximate surface area is 116 Å². The van der Waals surface area contributed by atoms with Gasteiger partial charge in [-0.1, -0.05) is 0 Å². The predicted molar refractivity (Wildman–Crippen MR) is 64.3 cm³/mol. The van der Waals surface area contributed by atoms with Crippen LogP contribution >= 0.6 is 0 Å². The van der Waals surface area contributed by atoms with Crippen molar-refractivity contribution in [2.45, 2.75) is 6.18 Å². The number of nitrogen functional groups attached to an aromatic ring is 1. The molecule has 0 spiro atoms. The lowest BCUT2D eigenvalue weighted by atomic mass is 10.2. The Kier molecular flexibility index (Phi) is 5.02. The van der Waals surface area contributed by atoms with Crippen LogP contribution in [-0.2, 0) is 0 Å². The van der Waals surface area contributed by atoms with E-state index < -0.39 is 48.0 Å². The second kappa shape index (κ2) is 6.35. The number of anilines is 1. The van der Waals surface area contributed by atoms with Gasteiger partial charge in [-0.2, -0.15) is 13.2 Å². The minimum Gasteiger partial charge on any atom is -0.395 e. The van der Waals surface area contributed by atoms with Gasteiger partial charge in [0.15, 0.2) is 0 Å². The second-order valence-electron chi connectivity index (χ2n) is 3.95. The van der Waals surface area contributed by atoms with Crippen molar-refractivity contribution in [2.75, 3.05) is 25.4 Å². The van der Waals surface area contributed by atoms with Crippen LogP contribution in [0.5, 0.6) is 0 Å². The highest BCUT2D eigenvalue weighted by Gasteiger charge is 2.35. The fraction of sp³-hybridized carbons (Fsp3) is 0.400. The van der Waals surface area contributed by atoms with Gasteiger partial charge in [-0.15, -0.1) is 0 Å². The largest absolute Gasteiger partial charge is 0.406 e. The molecule has 0 atom stereocenters. The number of carbonyl (C=O) groups is 1. The topological polar surface area (TPSA) is 123 Å². The number of nitrogens with zero attached hydrogens (tertiary/aromatic N) is 3. The van der Waals surface area contributed by atoms with Crippen molar-refractivity contribution in [1.29, 1.82) is 0 Å². The number of aliphatic hydroxyl groups excluding tert-OH is 1. The van der Waals surface area contributed by atoms with E-state index in [-0.39, 0.29) is 10.7 Å². The molecule has 1 aromatic rings. The van der Waals surface area contributed by atoms with Crippen molar-refractivity contribution in [3.8, 4) is 0 Å². The molecule has 1 heterocycles. The van der Waals surface area contributed by atoms with Crippen LogP contribution in [0.4, 0.5) is 24.7 Å². The molecule has 0 radical (unpaired) electrons. The number of pyridine rings is 1. The van der Waals surface area contributed by atoms with E-state index in [0.29, 0.717) is 6.20 Å². The summed E-state index contributed by atoms with van der Waals surface area (Å²) in [6, 6.07) is 0.821. The Morgan fingerprint density at radius 3 is 2.62 bits per heavy atom. The number of aliphatic hydroxyl groups is 1. The zero-order valence-corrected chi connectivity index (χ0v) is 10.5. The first-order chi connectivity index (χ1) is 9.65. The molecule has 0 bridgehead atoms. The van der Waals surface area contributed by atoms with E-state index in [0.717, 1.165) is 6.07 Å². The minimum absolute atomic E-state index is 0.250. The number of nitrogens with two attached hydrogens (primary N) is 1. The van der Waals surface area contributed by atoms with Crippen molar-refractivity contribution in [3.05, 3.63) is 27.9 Å². The normalized spacial score (nSPS) is 11.2. The molecule has 1 rings (SSSR count). The van der Waals surface area contributed by atoms with Crippen molar-refractivity contribution >= 4 is 17.4 Å². The van der Waals surface area contributed by atoms with Gasteiger partial charge in [0.05, 0.1) is 11.5 Å². The van der Waals surface area contributed by atoms with E-state index in [4.69, 9.17) is 10.8 Å². The van der Waals surface area contributed by atoms with Crippen LogP contribution in [0.15, 0.2) is 12.3 Å². The monoisotopic (exact) mass is 308 g/mol. The zero-order valence-electron chi connectivity index (χ0n) is 10.5. The molecular formula is C10H11F3N4O4. The average molecular weight is 308 g/mol. The van der Waals surface area contributed by atoms with E-state index in [1.807, 2.05) is 0 Å². The highest BCUT2D eigenvalue weighted by Crippen LogP contribution is 2.23. The van der Waals surface area contributed by atoms with Crippen LogP contribution in [0.25, 0.3) is 0 Å². The summed E-state index contributed by atoms with van der Waals surface area (Å²) in [4.78, 5) is 25.5. The SMILES string of the molecule is Nc1cc(C(=O)N(CCO)CC(F)(F)F)c([N+](=O)[O-])cn1. The molecule has 0 aliphatic rings. The molecule has 116 valence electrons. The molecule has 0 saturated heterocycles. The summed E-state index contributed by atoms with van der Waals surface area (Å²) in [5.74, 6) is -1.51. The van der Waals surface area contributed by atoms with Gasteiger partial charge in [-0.05, 0) is 6.07 Å². The van der Waals surface area contributed by atoms with Crippen LogP contribution in [0.3, 0.4) is 0 Å². The van der Waals surface area contributed by atoms with E-state index in [1.54, 1.807) is 0 Å². The Bertz CT molecular complexity index is 550. The van der Waals surface area contributed by atoms with Crippen molar-refractivity contribution in [1.82, 2.24) is 9.88 Å². The maximum absolute atomic E-state index is 12.4. The summed E-state index contributed by atoms with van der Waals surface area (Å²) in [6.45, 7) is -3.00. The zero-order chi connectivity index (χ0) is 16.2. The fourth-order valence-corrected chi connectivity index (χ4v) is 1.54. The van der Waals surface area contributed by atoms with Crippen LogP contribution < -0.4 is 5.73 Å². The first-order valence-corrected chi connectivity index (χ1v) is 5.52. The molecule has 0 aliphatic carbocycles. The van der Waals surface area contributed by atoms with Gasteiger partial charge in [0.1, 0.15) is 24.1 Å². The standard InChI is InChI=1S/C10H11F3N4O4/c11-10(12,13)5-16(1-2-18)9(19)6-3-8(14)15-4-7(6)17(20)21/h3-4,18H,1-2,5H2,(H2,14,15). The quantitative estimate of drug-likeness (QED) is 0.605. The first kappa shape index (κ1) is 16.6. The molecule has 0 fully saturated rings.